The van der Waals surface area contributed by atoms with Gasteiger partial charge in [-0.25, -0.2) is 9.97 Å². The summed E-state index contributed by atoms with van der Waals surface area (Å²) in [6.07, 6.45) is 7.03. The lowest BCUT2D eigenvalue weighted by Crippen LogP contribution is -1.92. The SMILES string of the molecule is Cc1ncc(-c2cnc(-c3ccccc3)cn2)cn1. The monoisotopic (exact) mass is 248 g/mol. The predicted molar refractivity (Wildman–Crippen MR) is 73.2 cm³/mol. The molecule has 0 aliphatic carbocycles. The number of aryl methyl sites for hydroxylation is 1. The second kappa shape index (κ2) is 4.94. The molecular weight excluding hydrogens is 236 g/mol. The molecule has 2 aromatic heterocycles. The second-order valence-corrected chi connectivity index (χ2v) is 4.17. The van der Waals surface area contributed by atoms with Crippen LogP contribution in [0.4, 0.5) is 0 Å². The molecule has 0 saturated carbocycles. The van der Waals surface area contributed by atoms with Crippen LogP contribution < -0.4 is 0 Å². The van der Waals surface area contributed by atoms with E-state index in [9.17, 15) is 0 Å². The summed E-state index contributed by atoms with van der Waals surface area (Å²) < 4.78 is 0. The van der Waals surface area contributed by atoms with Crippen LogP contribution in [0.5, 0.6) is 0 Å². The van der Waals surface area contributed by atoms with Crippen molar-refractivity contribution in [2.24, 2.45) is 0 Å². The molecule has 3 rings (SSSR count). The molecule has 4 nitrogen and oxygen atoms in total. The van der Waals surface area contributed by atoms with Crippen molar-refractivity contribution in [2.75, 3.05) is 0 Å². The maximum Gasteiger partial charge on any atom is 0.125 e. The molecule has 2 heterocycles. The minimum absolute atomic E-state index is 0.748. The number of hydrogen-bond donors (Lipinski definition) is 0. The standard InChI is InChI=1S/C15H12N4/c1-11-16-7-13(8-17-11)15-10-18-14(9-19-15)12-5-3-2-4-6-12/h2-10H,1H3. The molecule has 0 spiro atoms. The van der Waals surface area contributed by atoms with Gasteiger partial charge >= 0.3 is 0 Å². The van der Waals surface area contributed by atoms with Gasteiger partial charge in [0.05, 0.1) is 23.8 Å². The molecule has 1 aromatic carbocycles. The van der Waals surface area contributed by atoms with Gasteiger partial charge in [0.2, 0.25) is 0 Å². The summed E-state index contributed by atoms with van der Waals surface area (Å²) in [5, 5.41) is 0. The molecule has 0 amide bonds. The summed E-state index contributed by atoms with van der Waals surface area (Å²) >= 11 is 0. The first-order chi connectivity index (χ1) is 9.33. The van der Waals surface area contributed by atoms with E-state index < -0.39 is 0 Å². The summed E-state index contributed by atoms with van der Waals surface area (Å²) in [7, 11) is 0. The zero-order valence-electron chi connectivity index (χ0n) is 10.5. The molecule has 0 saturated heterocycles. The number of hydrogen-bond acceptors (Lipinski definition) is 4. The Kier molecular flexibility index (Phi) is 2.98. The van der Waals surface area contributed by atoms with Crippen LogP contribution in [0.3, 0.4) is 0 Å². The van der Waals surface area contributed by atoms with E-state index in [1.54, 1.807) is 24.8 Å². The quantitative estimate of drug-likeness (QED) is 0.699. The topological polar surface area (TPSA) is 51.6 Å². The molecule has 92 valence electrons. The van der Waals surface area contributed by atoms with Crippen LogP contribution in [0.15, 0.2) is 55.1 Å². The maximum atomic E-state index is 4.43. The van der Waals surface area contributed by atoms with Crippen molar-refractivity contribution in [1.29, 1.82) is 0 Å². The molecular formula is C15H12N4. The van der Waals surface area contributed by atoms with Crippen LogP contribution in [0.2, 0.25) is 0 Å². The van der Waals surface area contributed by atoms with E-state index in [-0.39, 0.29) is 0 Å². The van der Waals surface area contributed by atoms with Gasteiger partial charge in [-0.15, -0.1) is 0 Å². The zero-order valence-corrected chi connectivity index (χ0v) is 10.5. The average Bonchev–Trinajstić information content (AvgIpc) is 2.49. The molecule has 3 aromatic rings. The van der Waals surface area contributed by atoms with Gasteiger partial charge in [-0.3, -0.25) is 9.97 Å². The van der Waals surface area contributed by atoms with Crippen LogP contribution in [0.1, 0.15) is 5.82 Å². The third-order valence-corrected chi connectivity index (χ3v) is 2.80. The Labute approximate surface area is 111 Å². The van der Waals surface area contributed by atoms with Crippen molar-refractivity contribution >= 4 is 0 Å². The van der Waals surface area contributed by atoms with E-state index in [2.05, 4.69) is 19.9 Å². The maximum absolute atomic E-state index is 4.43. The highest BCUT2D eigenvalue weighted by Gasteiger charge is 2.03. The highest BCUT2D eigenvalue weighted by atomic mass is 14.9. The van der Waals surface area contributed by atoms with Gasteiger partial charge in [0.25, 0.3) is 0 Å². The normalized spacial score (nSPS) is 10.4. The molecule has 0 unspecified atom stereocenters. The third kappa shape index (κ3) is 2.47. The molecule has 0 radical (unpaired) electrons. The Morgan fingerprint density at radius 2 is 1.21 bits per heavy atom. The molecule has 0 aliphatic heterocycles. The lowest BCUT2D eigenvalue weighted by atomic mass is 10.1. The first kappa shape index (κ1) is 11.5. The lowest BCUT2D eigenvalue weighted by molar-refractivity contribution is 1.05. The van der Waals surface area contributed by atoms with Gasteiger partial charge in [-0.2, -0.15) is 0 Å². The number of nitrogens with zero attached hydrogens (tertiary/aromatic N) is 4. The fourth-order valence-electron chi connectivity index (χ4n) is 1.76. The van der Waals surface area contributed by atoms with Gasteiger partial charge in [0, 0.05) is 23.5 Å². The highest BCUT2D eigenvalue weighted by molar-refractivity contribution is 5.61. The van der Waals surface area contributed by atoms with Crippen molar-refractivity contribution in [3.63, 3.8) is 0 Å². The van der Waals surface area contributed by atoms with Crippen molar-refractivity contribution < 1.29 is 0 Å². The Bertz CT molecular complexity index is 661. The molecule has 19 heavy (non-hydrogen) atoms. The Morgan fingerprint density at radius 1 is 0.632 bits per heavy atom. The minimum atomic E-state index is 0.748. The van der Waals surface area contributed by atoms with Crippen LogP contribution in [0.25, 0.3) is 22.5 Å². The Balaban J connectivity index is 1.93. The fraction of sp³-hybridized carbons (Fsp3) is 0.0667. The molecule has 0 fully saturated rings. The minimum Gasteiger partial charge on any atom is -0.252 e. The van der Waals surface area contributed by atoms with E-state index >= 15 is 0 Å². The third-order valence-electron chi connectivity index (χ3n) is 2.80. The van der Waals surface area contributed by atoms with Crippen LogP contribution >= 0.6 is 0 Å². The first-order valence-electron chi connectivity index (χ1n) is 5.99. The van der Waals surface area contributed by atoms with Gasteiger partial charge < -0.3 is 0 Å². The van der Waals surface area contributed by atoms with Crippen LogP contribution in [-0.2, 0) is 0 Å². The van der Waals surface area contributed by atoms with Crippen molar-refractivity contribution in [3.8, 4) is 22.5 Å². The molecule has 0 aliphatic rings. The van der Waals surface area contributed by atoms with Crippen molar-refractivity contribution in [3.05, 3.63) is 60.9 Å². The number of benzene rings is 1. The van der Waals surface area contributed by atoms with E-state index in [4.69, 9.17) is 0 Å². The van der Waals surface area contributed by atoms with E-state index in [0.717, 1.165) is 28.3 Å². The molecule has 0 N–H and O–H groups in total. The molecule has 0 atom stereocenters. The average molecular weight is 248 g/mol. The van der Waals surface area contributed by atoms with E-state index in [0.29, 0.717) is 0 Å². The van der Waals surface area contributed by atoms with Crippen molar-refractivity contribution in [1.82, 2.24) is 19.9 Å². The van der Waals surface area contributed by atoms with Gasteiger partial charge in [0.15, 0.2) is 0 Å². The molecule has 0 bridgehead atoms. The summed E-state index contributed by atoms with van der Waals surface area (Å²) in [6.45, 7) is 1.86. The second-order valence-electron chi connectivity index (χ2n) is 4.17. The zero-order chi connectivity index (χ0) is 13.1. The van der Waals surface area contributed by atoms with Crippen molar-refractivity contribution in [2.45, 2.75) is 6.92 Å². The van der Waals surface area contributed by atoms with Gasteiger partial charge in [-0.1, -0.05) is 30.3 Å². The largest absolute Gasteiger partial charge is 0.252 e. The Hall–Kier alpha value is -2.62. The van der Waals surface area contributed by atoms with Crippen LogP contribution in [0, 0.1) is 6.92 Å². The van der Waals surface area contributed by atoms with Crippen LogP contribution in [-0.4, -0.2) is 19.9 Å². The highest BCUT2D eigenvalue weighted by Crippen LogP contribution is 2.18. The summed E-state index contributed by atoms with van der Waals surface area (Å²) in [5.74, 6) is 0.748. The summed E-state index contributed by atoms with van der Waals surface area (Å²) in [4.78, 5) is 17.2. The van der Waals surface area contributed by atoms with E-state index in [1.165, 1.54) is 0 Å². The summed E-state index contributed by atoms with van der Waals surface area (Å²) in [6, 6.07) is 9.98. The predicted octanol–water partition coefficient (Wildman–Crippen LogP) is 2.91. The fourth-order valence-corrected chi connectivity index (χ4v) is 1.76. The van der Waals surface area contributed by atoms with Gasteiger partial charge in [-0.05, 0) is 6.92 Å². The lowest BCUT2D eigenvalue weighted by Gasteiger charge is -2.02. The first-order valence-corrected chi connectivity index (χ1v) is 5.99. The Morgan fingerprint density at radius 3 is 1.79 bits per heavy atom. The van der Waals surface area contributed by atoms with Gasteiger partial charge in [0.1, 0.15) is 5.82 Å². The molecule has 4 heteroatoms. The smallest absolute Gasteiger partial charge is 0.125 e. The summed E-state index contributed by atoms with van der Waals surface area (Å²) in [5.41, 5.74) is 3.57. The number of rotatable bonds is 2. The van der Waals surface area contributed by atoms with E-state index in [1.807, 2.05) is 37.3 Å². The number of aromatic nitrogens is 4.